The minimum absolute atomic E-state index is 0.307. The molecule has 0 unspecified atom stereocenters. The van der Waals surface area contributed by atoms with Gasteiger partial charge < -0.3 is 4.90 Å². The van der Waals surface area contributed by atoms with Gasteiger partial charge in [-0.15, -0.1) is 0 Å². The van der Waals surface area contributed by atoms with Crippen LogP contribution in [0.15, 0.2) is 18.3 Å². The number of alkyl halides is 3. The molecule has 2 aliphatic rings. The first kappa shape index (κ1) is 19.4. The van der Waals surface area contributed by atoms with Crippen LogP contribution >= 0.6 is 0 Å². The van der Waals surface area contributed by atoms with Crippen LogP contribution in [0.5, 0.6) is 0 Å². The van der Waals surface area contributed by atoms with Crippen molar-refractivity contribution < 1.29 is 21.6 Å². The summed E-state index contributed by atoms with van der Waals surface area (Å²) in [6, 6.07) is 2.34. The van der Waals surface area contributed by atoms with E-state index >= 15 is 0 Å². The molecule has 146 valence electrons. The first-order chi connectivity index (χ1) is 12.3. The van der Waals surface area contributed by atoms with E-state index in [4.69, 9.17) is 0 Å². The van der Waals surface area contributed by atoms with E-state index in [1.54, 1.807) is 4.31 Å². The molecule has 2 saturated heterocycles. The number of hydrogen-bond acceptors (Lipinski definition) is 4. The summed E-state index contributed by atoms with van der Waals surface area (Å²) >= 11 is 0. The predicted molar refractivity (Wildman–Crippen MR) is 92.0 cm³/mol. The second-order valence-corrected chi connectivity index (χ2v) is 8.54. The molecule has 0 spiro atoms. The van der Waals surface area contributed by atoms with Crippen LogP contribution < -0.4 is 4.90 Å². The number of halogens is 3. The van der Waals surface area contributed by atoms with Gasteiger partial charge in [0.1, 0.15) is 5.82 Å². The Bertz CT molecular complexity index is 693. The summed E-state index contributed by atoms with van der Waals surface area (Å²) in [5.41, 5.74) is -0.788. The third-order valence-electron chi connectivity index (χ3n) is 4.86. The highest BCUT2D eigenvalue weighted by Crippen LogP contribution is 2.29. The number of rotatable bonds is 3. The van der Waals surface area contributed by atoms with Crippen LogP contribution in [-0.2, 0) is 16.4 Å². The van der Waals surface area contributed by atoms with Gasteiger partial charge in [0.15, 0.2) is 0 Å². The highest BCUT2D eigenvalue weighted by atomic mass is 32.2. The summed E-state index contributed by atoms with van der Waals surface area (Å²) in [4.78, 5) is 5.70. The lowest BCUT2D eigenvalue weighted by molar-refractivity contribution is -0.137. The smallest absolute Gasteiger partial charge is 0.354 e. The van der Waals surface area contributed by atoms with E-state index in [1.165, 1.54) is 10.4 Å². The van der Waals surface area contributed by atoms with Crippen LogP contribution in [-0.4, -0.2) is 61.3 Å². The van der Waals surface area contributed by atoms with Gasteiger partial charge in [-0.3, -0.25) is 0 Å². The maximum Gasteiger partial charge on any atom is 0.417 e. The highest BCUT2D eigenvalue weighted by Gasteiger charge is 2.34. The van der Waals surface area contributed by atoms with Gasteiger partial charge in [-0.1, -0.05) is 12.8 Å². The molecule has 0 radical (unpaired) electrons. The minimum atomic E-state index is -4.41. The molecule has 0 saturated carbocycles. The largest absolute Gasteiger partial charge is 0.417 e. The number of hydrogen-bond donors (Lipinski definition) is 0. The normalized spacial score (nSPS) is 21.6. The summed E-state index contributed by atoms with van der Waals surface area (Å²) in [5, 5.41) is 0. The summed E-state index contributed by atoms with van der Waals surface area (Å²) in [6.45, 7) is 2.55. The van der Waals surface area contributed by atoms with Gasteiger partial charge in [-0.25, -0.2) is 4.98 Å². The number of pyridine rings is 1. The molecule has 0 N–H and O–H groups in total. The van der Waals surface area contributed by atoms with Crippen molar-refractivity contribution >= 4 is 16.0 Å². The Hall–Kier alpha value is -1.39. The SMILES string of the molecule is O=S(=O)(N1CCCCCC1)N1CCN(c2ccc(C(F)(F)F)cn2)CC1. The summed E-state index contributed by atoms with van der Waals surface area (Å²) in [7, 11) is -3.47. The Kier molecular flexibility index (Phi) is 5.73. The molecule has 0 bridgehead atoms. The maximum absolute atomic E-state index is 12.8. The maximum atomic E-state index is 12.8. The molecule has 0 atom stereocenters. The Balaban J connectivity index is 1.61. The van der Waals surface area contributed by atoms with Crippen molar-refractivity contribution in [2.45, 2.75) is 31.9 Å². The van der Waals surface area contributed by atoms with Gasteiger partial charge in [-0.2, -0.15) is 30.2 Å². The molecule has 1 aromatic rings. The Morgan fingerprint density at radius 1 is 0.846 bits per heavy atom. The Morgan fingerprint density at radius 3 is 1.92 bits per heavy atom. The summed E-state index contributed by atoms with van der Waals surface area (Å²) in [6.07, 6.45) is 0.281. The topological polar surface area (TPSA) is 56.8 Å². The van der Waals surface area contributed by atoms with Crippen molar-refractivity contribution in [2.75, 3.05) is 44.2 Å². The van der Waals surface area contributed by atoms with Gasteiger partial charge in [0, 0.05) is 45.5 Å². The molecule has 26 heavy (non-hydrogen) atoms. The van der Waals surface area contributed by atoms with Crippen LogP contribution in [0, 0.1) is 0 Å². The average Bonchev–Trinajstić information content (AvgIpc) is 2.91. The molecule has 1 aromatic heterocycles. The lowest BCUT2D eigenvalue weighted by atomic mass is 10.2. The lowest BCUT2D eigenvalue weighted by Crippen LogP contribution is -2.53. The lowest BCUT2D eigenvalue weighted by Gasteiger charge is -2.37. The van der Waals surface area contributed by atoms with Gasteiger partial charge in [0.05, 0.1) is 5.56 Å². The molecule has 0 amide bonds. The first-order valence-corrected chi connectivity index (χ1v) is 10.2. The molecule has 3 heterocycles. The average molecular weight is 392 g/mol. The van der Waals surface area contributed by atoms with E-state index in [-0.39, 0.29) is 0 Å². The van der Waals surface area contributed by atoms with Crippen LogP contribution in [0.1, 0.15) is 31.2 Å². The van der Waals surface area contributed by atoms with Gasteiger partial charge in [-0.05, 0) is 25.0 Å². The van der Waals surface area contributed by atoms with E-state index in [2.05, 4.69) is 4.98 Å². The van der Waals surface area contributed by atoms with E-state index in [1.807, 2.05) is 4.90 Å². The van der Waals surface area contributed by atoms with Crippen molar-refractivity contribution in [2.24, 2.45) is 0 Å². The number of nitrogens with zero attached hydrogens (tertiary/aromatic N) is 4. The van der Waals surface area contributed by atoms with Gasteiger partial charge in [0.2, 0.25) is 0 Å². The molecule has 2 aliphatic heterocycles. The van der Waals surface area contributed by atoms with Gasteiger partial charge in [0.25, 0.3) is 10.2 Å². The Labute approximate surface area is 151 Å². The molecule has 0 aromatic carbocycles. The number of piperazine rings is 1. The molecular formula is C16H23F3N4O2S. The van der Waals surface area contributed by atoms with E-state index in [9.17, 15) is 21.6 Å². The zero-order chi connectivity index (χ0) is 18.8. The third kappa shape index (κ3) is 4.29. The minimum Gasteiger partial charge on any atom is -0.354 e. The zero-order valence-corrected chi connectivity index (χ0v) is 15.3. The van der Waals surface area contributed by atoms with Crippen molar-refractivity contribution in [3.63, 3.8) is 0 Å². The number of aromatic nitrogens is 1. The second-order valence-electron chi connectivity index (χ2n) is 6.61. The number of anilines is 1. The van der Waals surface area contributed by atoms with Crippen molar-refractivity contribution in [1.82, 2.24) is 13.6 Å². The van der Waals surface area contributed by atoms with E-state index in [0.717, 1.165) is 37.9 Å². The standard InChI is InChI=1S/C16H23F3N4O2S/c17-16(18,19)14-5-6-15(20-13-14)21-9-11-23(12-10-21)26(24,25)22-7-3-1-2-4-8-22/h5-6,13H,1-4,7-12H2. The molecular weight excluding hydrogens is 369 g/mol. The molecule has 6 nitrogen and oxygen atoms in total. The highest BCUT2D eigenvalue weighted by molar-refractivity contribution is 7.86. The summed E-state index contributed by atoms with van der Waals surface area (Å²) < 4.78 is 66.5. The van der Waals surface area contributed by atoms with Crippen LogP contribution in [0.3, 0.4) is 0 Å². The van der Waals surface area contributed by atoms with E-state index in [0.29, 0.717) is 45.1 Å². The van der Waals surface area contributed by atoms with Crippen LogP contribution in [0.4, 0.5) is 19.0 Å². The molecule has 2 fully saturated rings. The van der Waals surface area contributed by atoms with E-state index < -0.39 is 21.9 Å². The second kappa shape index (κ2) is 7.69. The van der Waals surface area contributed by atoms with Crippen LogP contribution in [0.2, 0.25) is 0 Å². The van der Waals surface area contributed by atoms with Crippen molar-refractivity contribution in [3.05, 3.63) is 23.9 Å². The molecule has 10 heteroatoms. The predicted octanol–water partition coefficient (Wildman–Crippen LogP) is 2.34. The van der Waals surface area contributed by atoms with Crippen LogP contribution in [0.25, 0.3) is 0 Å². The third-order valence-corrected chi connectivity index (χ3v) is 6.89. The fraction of sp³-hybridized carbons (Fsp3) is 0.688. The monoisotopic (exact) mass is 392 g/mol. The molecule has 0 aliphatic carbocycles. The summed E-state index contributed by atoms with van der Waals surface area (Å²) in [5.74, 6) is 0.435. The first-order valence-electron chi connectivity index (χ1n) is 8.82. The molecule has 3 rings (SSSR count). The fourth-order valence-corrected chi connectivity index (χ4v) is 5.00. The van der Waals surface area contributed by atoms with Crippen molar-refractivity contribution in [1.29, 1.82) is 0 Å². The quantitative estimate of drug-likeness (QED) is 0.792. The Morgan fingerprint density at radius 2 is 1.42 bits per heavy atom. The van der Waals surface area contributed by atoms with Crippen molar-refractivity contribution in [3.8, 4) is 0 Å². The fourth-order valence-electron chi connectivity index (χ4n) is 3.32. The zero-order valence-electron chi connectivity index (χ0n) is 14.5. The van der Waals surface area contributed by atoms with Gasteiger partial charge >= 0.3 is 6.18 Å².